The fraction of sp³-hybridized carbons (Fsp3) is 0.308. The van der Waals surface area contributed by atoms with E-state index in [2.05, 4.69) is 19.9 Å². The van der Waals surface area contributed by atoms with Gasteiger partial charge in [-0.05, 0) is 35.6 Å². The summed E-state index contributed by atoms with van der Waals surface area (Å²) in [7, 11) is 0. The Morgan fingerprint density at radius 3 is 2.50 bits per heavy atom. The van der Waals surface area contributed by atoms with Crippen molar-refractivity contribution in [2.75, 3.05) is 0 Å². The number of benzene rings is 1. The van der Waals surface area contributed by atoms with Crippen LogP contribution in [0.1, 0.15) is 37.8 Å². The Morgan fingerprint density at radius 1 is 1.29 bits per heavy atom. The minimum Gasteiger partial charge on any atom is -0.298 e. The van der Waals surface area contributed by atoms with Crippen molar-refractivity contribution in [3.05, 3.63) is 41.0 Å². The van der Waals surface area contributed by atoms with Crippen LogP contribution in [0.3, 0.4) is 0 Å². The monoisotopic (exact) mass is 188 g/mol. The molecule has 1 rings (SSSR count). The summed E-state index contributed by atoms with van der Waals surface area (Å²) >= 11 is 0. The van der Waals surface area contributed by atoms with Gasteiger partial charge in [0.15, 0.2) is 0 Å². The zero-order valence-corrected chi connectivity index (χ0v) is 8.95. The number of aldehydes is 1. The van der Waals surface area contributed by atoms with E-state index in [0.717, 1.165) is 17.4 Å². The van der Waals surface area contributed by atoms with Gasteiger partial charge in [-0.2, -0.15) is 0 Å². The summed E-state index contributed by atoms with van der Waals surface area (Å²) in [5.74, 6) is 0.488. The van der Waals surface area contributed by atoms with Crippen molar-refractivity contribution in [3.8, 4) is 0 Å². The van der Waals surface area contributed by atoms with Crippen LogP contribution in [-0.2, 0) is 4.79 Å². The number of hydrogen-bond donors (Lipinski definition) is 0. The zero-order chi connectivity index (χ0) is 10.6. The fourth-order valence-corrected chi connectivity index (χ4v) is 1.45. The number of hydrogen-bond acceptors (Lipinski definition) is 1. The fourth-order valence-electron chi connectivity index (χ4n) is 1.45. The molecule has 1 heteroatoms. The van der Waals surface area contributed by atoms with Gasteiger partial charge in [-0.3, -0.25) is 4.79 Å². The van der Waals surface area contributed by atoms with Crippen molar-refractivity contribution < 1.29 is 4.79 Å². The molecule has 1 nitrogen and oxygen atoms in total. The van der Waals surface area contributed by atoms with Crippen molar-refractivity contribution >= 4 is 12.4 Å². The molecule has 0 aliphatic carbocycles. The molecule has 1 aromatic rings. The topological polar surface area (TPSA) is 17.1 Å². The second-order valence-electron chi connectivity index (χ2n) is 3.79. The molecule has 0 radical (unpaired) electrons. The lowest BCUT2D eigenvalue weighted by atomic mass is 9.96. The standard InChI is InChI=1S/C13H16O/c1-10(2)13-7-5-4-6-12(13)8-11(3)9-14/h4-10H,1-3H3/b11-8+. The Hall–Kier alpha value is -1.37. The van der Waals surface area contributed by atoms with Crippen molar-refractivity contribution in [3.63, 3.8) is 0 Å². The number of carbonyl (C=O) groups is 1. The van der Waals surface area contributed by atoms with Crippen LogP contribution in [0.25, 0.3) is 6.08 Å². The van der Waals surface area contributed by atoms with Crippen LogP contribution >= 0.6 is 0 Å². The van der Waals surface area contributed by atoms with Gasteiger partial charge in [0.1, 0.15) is 6.29 Å². The second kappa shape index (κ2) is 4.75. The summed E-state index contributed by atoms with van der Waals surface area (Å²) in [6.07, 6.45) is 2.82. The van der Waals surface area contributed by atoms with Crippen molar-refractivity contribution in [2.45, 2.75) is 26.7 Å². The third-order valence-electron chi connectivity index (χ3n) is 2.19. The van der Waals surface area contributed by atoms with E-state index >= 15 is 0 Å². The predicted molar refractivity (Wildman–Crippen MR) is 60.2 cm³/mol. The van der Waals surface area contributed by atoms with Gasteiger partial charge in [0.2, 0.25) is 0 Å². The molecule has 0 N–H and O–H groups in total. The summed E-state index contributed by atoms with van der Waals surface area (Å²) in [4.78, 5) is 10.5. The van der Waals surface area contributed by atoms with Crippen LogP contribution in [0.2, 0.25) is 0 Å². The van der Waals surface area contributed by atoms with Gasteiger partial charge in [-0.15, -0.1) is 0 Å². The second-order valence-corrected chi connectivity index (χ2v) is 3.79. The van der Waals surface area contributed by atoms with E-state index in [9.17, 15) is 4.79 Å². The molecule has 0 aliphatic heterocycles. The van der Waals surface area contributed by atoms with E-state index in [0.29, 0.717) is 5.92 Å². The molecule has 0 aliphatic rings. The minimum absolute atomic E-state index is 0.488. The maximum absolute atomic E-state index is 10.5. The van der Waals surface area contributed by atoms with Crippen LogP contribution in [0, 0.1) is 0 Å². The Morgan fingerprint density at radius 2 is 1.93 bits per heavy atom. The van der Waals surface area contributed by atoms with Gasteiger partial charge in [0.05, 0.1) is 0 Å². The summed E-state index contributed by atoms with van der Waals surface area (Å²) < 4.78 is 0. The normalized spacial score (nSPS) is 11.9. The molecule has 0 aromatic heterocycles. The summed E-state index contributed by atoms with van der Waals surface area (Å²) in [5.41, 5.74) is 3.19. The van der Waals surface area contributed by atoms with Crippen molar-refractivity contribution in [2.24, 2.45) is 0 Å². The van der Waals surface area contributed by atoms with Crippen LogP contribution < -0.4 is 0 Å². The Bertz CT molecular complexity index is 348. The van der Waals surface area contributed by atoms with Crippen LogP contribution in [0.4, 0.5) is 0 Å². The van der Waals surface area contributed by atoms with Crippen LogP contribution in [0.15, 0.2) is 29.8 Å². The molecule has 0 saturated carbocycles. The molecular formula is C13H16O. The zero-order valence-electron chi connectivity index (χ0n) is 8.95. The highest BCUT2D eigenvalue weighted by Crippen LogP contribution is 2.20. The van der Waals surface area contributed by atoms with Gasteiger partial charge >= 0.3 is 0 Å². The Labute approximate surface area is 85.5 Å². The van der Waals surface area contributed by atoms with Crippen LogP contribution in [0.5, 0.6) is 0 Å². The lowest BCUT2D eigenvalue weighted by Gasteiger charge is -2.09. The molecule has 14 heavy (non-hydrogen) atoms. The third kappa shape index (κ3) is 2.56. The highest BCUT2D eigenvalue weighted by atomic mass is 16.1. The maximum atomic E-state index is 10.5. The van der Waals surface area contributed by atoms with E-state index < -0.39 is 0 Å². The first-order valence-corrected chi connectivity index (χ1v) is 4.87. The third-order valence-corrected chi connectivity index (χ3v) is 2.19. The van der Waals surface area contributed by atoms with E-state index in [1.165, 1.54) is 5.56 Å². The van der Waals surface area contributed by atoms with Gasteiger partial charge in [-0.25, -0.2) is 0 Å². The van der Waals surface area contributed by atoms with E-state index in [4.69, 9.17) is 0 Å². The van der Waals surface area contributed by atoms with Gasteiger partial charge in [0, 0.05) is 0 Å². The van der Waals surface area contributed by atoms with E-state index in [1.807, 2.05) is 31.2 Å². The average molecular weight is 188 g/mol. The highest BCUT2D eigenvalue weighted by Gasteiger charge is 2.03. The van der Waals surface area contributed by atoms with Crippen LogP contribution in [-0.4, -0.2) is 6.29 Å². The SMILES string of the molecule is C/C(C=O)=C\c1ccccc1C(C)C. The molecule has 0 amide bonds. The molecule has 0 heterocycles. The van der Waals surface area contributed by atoms with Gasteiger partial charge in [-0.1, -0.05) is 38.1 Å². The summed E-state index contributed by atoms with van der Waals surface area (Å²) in [6.45, 7) is 6.13. The number of allylic oxidation sites excluding steroid dienone is 1. The lowest BCUT2D eigenvalue weighted by Crippen LogP contribution is -1.91. The van der Waals surface area contributed by atoms with Crippen molar-refractivity contribution in [1.82, 2.24) is 0 Å². The summed E-state index contributed by atoms with van der Waals surface area (Å²) in [6, 6.07) is 8.18. The first-order valence-electron chi connectivity index (χ1n) is 4.87. The van der Waals surface area contributed by atoms with E-state index in [-0.39, 0.29) is 0 Å². The molecule has 0 saturated heterocycles. The first kappa shape index (κ1) is 10.7. The molecule has 74 valence electrons. The molecule has 0 bridgehead atoms. The highest BCUT2D eigenvalue weighted by molar-refractivity contribution is 5.81. The minimum atomic E-state index is 0.488. The molecule has 0 unspecified atom stereocenters. The largest absolute Gasteiger partial charge is 0.298 e. The Kier molecular flexibility index (Phi) is 3.63. The predicted octanol–water partition coefficient (Wildman–Crippen LogP) is 3.41. The smallest absolute Gasteiger partial charge is 0.145 e. The number of carbonyl (C=O) groups excluding carboxylic acids is 1. The maximum Gasteiger partial charge on any atom is 0.145 e. The summed E-state index contributed by atoms with van der Waals surface area (Å²) in [5, 5.41) is 0. The van der Waals surface area contributed by atoms with Gasteiger partial charge < -0.3 is 0 Å². The number of rotatable bonds is 3. The molecule has 0 spiro atoms. The van der Waals surface area contributed by atoms with Crippen molar-refractivity contribution in [1.29, 1.82) is 0 Å². The molecule has 1 aromatic carbocycles. The molecule has 0 fully saturated rings. The molecule has 0 atom stereocenters. The first-order chi connectivity index (χ1) is 6.65. The molecular weight excluding hydrogens is 172 g/mol. The van der Waals surface area contributed by atoms with E-state index in [1.54, 1.807) is 0 Å². The van der Waals surface area contributed by atoms with Gasteiger partial charge in [0.25, 0.3) is 0 Å². The Balaban J connectivity index is 3.13. The quantitative estimate of drug-likeness (QED) is 0.524. The average Bonchev–Trinajstić information content (AvgIpc) is 2.18. The lowest BCUT2D eigenvalue weighted by molar-refractivity contribution is -0.104.